The summed E-state index contributed by atoms with van der Waals surface area (Å²) in [6.45, 7) is 5.95. The third kappa shape index (κ3) is 6.44. The molecule has 9 nitrogen and oxygen atoms in total. The summed E-state index contributed by atoms with van der Waals surface area (Å²) in [4.78, 5) is 17.3. The van der Waals surface area contributed by atoms with Gasteiger partial charge in [0.25, 0.3) is 0 Å². The number of anilines is 4. The first-order valence-electron chi connectivity index (χ1n) is 11.3. The molecule has 4 aromatic rings. The number of aromatic nitrogens is 4. The molecule has 0 unspecified atom stereocenters. The van der Waals surface area contributed by atoms with Gasteiger partial charge in [-0.1, -0.05) is 25.1 Å². The first-order chi connectivity index (χ1) is 17.1. The van der Waals surface area contributed by atoms with E-state index in [2.05, 4.69) is 59.3 Å². The van der Waals surface area contributed by atoms with Crippen molar-refractivity contribution in [2.24, 2.45) is 10.2 Å². The Kier molecular flexibility index (Phi) is 7.70. The fourth-order valence-corrected chi connectivity index (χ4v) is 3.29. The van der Waals surface area contributed by atoms with Crippen LogP contribution < -0.4 is 16.2 Å². The first kappa shape index (κ1) is 23.5. The molecule has 35 heavy (non-hydrogen) atoms. The maximum Gasteiger partial charge on any atom is 0.231 e. The molecule has 4 rings (SSSR count). The maximum atomic E-state index is 4.61. The summed E-state index contributed by atoms with van der Waals surface area (Å²) in [7, 11) is 0. The molecule has 3 aromatic heterocycles. The van der Waals surface area contributed by atoms with E-state index >= 15 is 0 Å². The van der Waals surface area contributed by atoms with Crippen LogP contribution in [0.1, 0.15) is 37.5 Å². The van der Waals surface area contributed by atoms with E-state index in [0.717, 1.165) is 34.7 Å². The van der Waals surface area contributed by atoms with E-state index in [4.69, 9.17) is 0 Å². The summed E-state index contributed by atoms with van der Waals surface area (Å²) >= 11 is 0. The van der Waals surface area contributed by atoms with Gasteiger partial charge in [-0.15, -0.1) is 0 Å². The van der Waals surface area contributed by atoms with Crippen LogP contribution >= 0.6 is 0 Å². The molecule has 0 amide bonds. The van der Waals surface area contributed by atoms with Crippen LogP contribution in [0.5, 0.6) is 0 Å². The Labute approximate surface area is 204 Å². The molecule has 0 saturated heterocycles. The van der Waals surface area contributed by atoms with Crippen molar-refractivity contribution in [3.63, 3.8) is 0 Å². The minimum absolute atomic E-state index is 0.423. The molecule has 0 aliphatic carbocycles. The van der Waals surface area contributed by atoms with Crippen LogP contribution in [0.4, 0.5) is 23.3 Å². The number of nitrogens with one attached hydrogen (secondary N) is 3. The second-order valence-corrected chi connectivity index (χ2v) is 7.69. The van der Waals surface area contributed by atoms with Gasteiger partial charge >= 0.3 is 0 Å². The normalized spacial score (nSPS) is 11.7. The molecule has 0 saturated carbocycles. The van der Waals surface area contributed by atoms with Gasteiger partial charge < -0.3 is 5.32 Å². The van der Waals surface area contributed by atoms with Crippen LogP contribution in [-0.4, -0.2) is 31.4 Å². The number of aryl methyl sites for hydroxylation is 1. The summed E-state index contributed by atoms with van der Waals surface area (Å²) < 4.78 is 0. The Balaban J connectivity index is 1.62. The van der Waals surface area contributed by atoms with E-state index in [1.165, 1.54) is 5.56 Å². The van der Waals surface area contributed by atoms with Gasteiger partial charge in [0.05, 0.1) is 11.4 Å². The monoisotopic (exact) mass is 465 g/mol. The Hall–Kier alpha value is -4.66. The van der Waals surface area contributed by atoms with Gasteiger partial charge in [0, 0.05) is 47.7 Å². The first-order valence-corrected chi connectivity index (χ1v) is 11.3. The zero-order valence-electron chi connectivity index (χ0n) is 19.9. The molecule has 9 heteroatoms. The molecular weight excluding hydrogens is 438 g/mol. The lowest BCUT2D eigenvalue weighted by atomic mass is 10.1. The molecule has 0 aliphatic heterocycles. The van der Waals surface area contributed by atoms with E-state index in [1.807, 2.05) is 56.3 Å². The zero-order valence-corrected chi connectivity index (χ0v) is 19.9. The van der Waals surface area contributed by atoms with Gasteiger partial charge in [-0.25, -0.2) is 0 Å². The molecule has 0 atom stereocenters. The third-order valence-corrected chi connectivity index (χ3v) is 5.24. The molecular formula is C26H27N9. The quantitative estimate of drug-likeness (QED) is 0.229. The fraction of sp³-hybridized carbons (Fsp3) is 0.154. The Bertz CT molecular complexity index is 1240. The average Bonchev–Trinajstić information content (AvgIpc) is 2.91. The van der Waals surface area contributed by atoms with Crippen molar-refractivity contribution in [3.8, 4) is 0 Å². The van der Waals surface area contributed by atoms with Crippen LogP contribution in [0, 0.1) is 0 Å². The lowest BCUT2D eigenvalue weighted by Gasteiger charge is -2.12. The van der Waals surface area contributed by atoms with Crippen LogP contribution in [0.15, 0.2) is 89.6 Å². The SMILES string of the molecule is CCc1ccccc1Nc1nc(NN=C(C)c2ccncc2)cc(NN=C(C)c2ccncc2)n1. The van der Waals surface area contributed by atoms with Crippen molar-refractivity contribution >= 4 is 34.7 Å². The van der Waals surface area contributed by atoms with Gasteiger partial charge in [0.2, 0.25) is 5.95 Å². The highest BCUT2D eigenvalue weighted by Gasteiger charge is 2.08. The van der Waals surface area contributed by atoms with Gasteiger partial charge in [-0.05, 0) is 56.2 Å². The number of hydrogen-bond donors (Lipinski definition) is 3. The highest BCUT2D eigenvalue weighted by molar-refractivity contribution is 5.99. The van der Waals surface area contributed by atoms with Crippen molar-refractivity contribution in [2.75, 3.05) is 16.2 Å². The lowest BCUT2D eigenvalue weighted by molar-refractivity contribution is 1.10. The Morgan fingerprint density at radius 3 is 1.77 bits per heavy atom. The second kappa shape index (κ2) is 11.5. The Morgan fingerprint density at radius 1 is 0.743 bits per heavy atom. The number of hydrogen-bond acceptors (Lipinski definition) is 9. The predicted octanol–water partition coefficient (Wildman–Crippen LogP) is 5.24. The van der Waals surface area contributed by atoms with E-state index < -0.39 is 0 Å². The molecule has 0 spiro atoms. The number of pyridine rings is 2. The standard InChI is InChI=1S/C26H27N9/c1-4-20-7-5-6-8-23(20)29-26-30-24(34-32-18(2)21-9-13-27-14-10-21)17-25(31-26)35-33-19(3)22-11-15-28-16-12-22/h5-17H,4H2,1-3H3,(H3,29,30,31,34,35). The van der Waals surface area contributed by atoms with Crippen molar-refractivity contribution < 1.29 is 0 Å². The molecule has 176 valence electrons. The summed E-state index contributed by atoms with van der Waals surface area (Å²) in [5.41, 5.74) is 11.7. The van der Waals surface area contributed by atoms with Crippen molar-refractivity contribution in [1.82, 2.24) is 19.9 Å². The minimum atomic E-state index is 0.423. The highest BCUT2D eigenvalue weighted by Crippen LogP contribution is 2.22. The van der Waals surface area contributed by atoms with Crippen molar-refractivity contribution in [3.05, 3.63) is 96.1 Å². The van der Waals surface area contributed by atoms with Crippen molar-refractivity contribution in [2.45, 2.75) is 27.2 Å². The van der Waals surface area contributed by atoms with Crippen LogP contribution in [0.2, 0.25) is 0 Å². The second-order valence-electron chi connectivity index (χ2n) is 7.69. The number of nitrogens with zero attached hydrogens (tertiary/aromatic N) is 6. The summed E-state index contributed by atoms with van der Waals surface area (Å²) in [5.74, 6) is 1.46. The fourth-order valence-electron chi connectivity index (χ4n) is 3.29. The van der Waals surface area contributed by atoms with Crippen LogP contribution in [0.3, 0.4) is 0 Å². The number of para-hydroxylation sites is 1. The summed E-state index contributed by atoms with van der Waals surface area (Å²) in [6.07, 6.45) is 7.82. The van der Waals surface area contributed by atoms with Gasteiger partial charge in [0.15, 0.2) is 11.6 Å². The molecule has 0 aliphatic rings. The van der Waals surface area contributed by atoms with Gasteiger partial charge in [-0.2, -0.15) is 20.2 Å². The smallest absolute Gasteiger partial charge is 0.231 e. The topological polar surface area (TPSA) is 112 Å². The third-order valence-electron chi connectivity index (χ3n) is 5.24. The molecule has 1 aromatic carbocycles. The molecule has 0 bridgehead atoms. The highest BCUT2D eigenvalue weighted by atomic mass is 15.4. The minimum Gasteiger partial charge on any atom is -0.324 e. The Morgan fingerprint density at radius 2 is 1.26 bits per heavy atom. The average molecular weight is 466 g/mol. The zero-order chi connectivity index (χ0) is 24.5. The van der Waals surface area contributed by atoms with Crippen LogP contribution in [0.25, 0.3) is 0 Å². The molecule has 0 fully saturated rings. The van der Waals surface area contributed by atoms with Gasteiger partial charge in [-0.3, -0.25) is 20.8 Å². The number of hydrazone groups is 2. The molecule has 3 N–H and O–H groups in total. The lowest BCUT2D eigenvalue weighted by Crippen LogP contribution is -2.07. The largest absolute Gasteiger partial charge is 0.324 e. The van der Waals surface area contributed by atoms with E-state index in [1.54, 1.807) is 30.9 Å². The number of benzene rings is 1. The predicted molar refractivity (Wildman–Crippen MR) is 141 cm³/mol. The van der Waals surface area contributed by atoms with E-state index in [9.17, 15) is 0 Å². The maximum absolute atomic E-state index is 4.61. The van der Waals surface area contributed by atoms with E-state index in [0.29, 0.717) is 17.6 Å². The van der Waals surface area contributed by atoms with Gasteiger partial charge in [0.1, 0.15) is 0 Å². The molecule has 0 radical (unpaired) electrons. The van der Waals surface area contributed by atoms with Crippen molar-refractivity contribution in [1.29, 1.82) is 0 Å². The van der Waals surface area contributed by atoms with Crippen LogP contribution in [-0.2, 0) is 6.42 Å². The summed E-state index contributed by atoms with van der Waals surface area (Å²) in [6, 6.07) is 17.4. The number of rotatable bonds is 9. The summed E-state index contributed by atoms with van der Waals surface area (Å²) in [5, 5.41) is 12.3. The van der Waals surface area contributed by atoms with E-state index in [-0.39, 0.29) is 0 Å². The molecule has 3 heterocycles.